The van der Waals surface area contributed by atoms with E-state index in [4.69, 9.17) is 23.7 Å². The Morgan fingerprint density at radius 1 is 0.822 bits per heavy atom. The highest BCUT2D eigenvalue weighted by molar-refractivity contribution is 7.85. The molecule has 2 aliphatic rings. The molecule has 2 saturated heterocycles. The highest BCUT2D eigenvalue weighted by atomic mass is 32.2. The first-order chi connectivity index (χ1) is 20.1. The Balaban J connectivity index is 0.000000248. The van der Waals surface area contributed by atoms with Gasteiger partial charge in [-0.2, -0.15) is 18.6 Å². The van der Waals surface area contributed by atoms with Crippen LogP contribution in [0.5, 0.6) is 0 Å². The van der Waals surface area contributed by atoms with E-state index in [9.17, 15) is 13.5 Å². The lowest BCUT2D eigenvalue weighted by molar-refractivity contribution is 0.00578. The lowest BCUT2D eigenvalue weighted by Gasteiger charge is -2.32. The van der Waals surface area contributed by atoms with Crippen molar-refractivity contribution in [3.8, 4) is 0 Å². The van der Waals surface area contributed by atoms with Gasteiger partial charge in [-0.1, -0.05) is 0 Å². The summed E-state index contributed by atoms with van der Waals surface area (Å²) in [6, 6.07) is 0. The molecule has 0 saturated carbocycles. The Morgan fingerprint density at radius 2 is 1.27 bits per heavy atom. The minimum Gasteiger partial charge on any atom is -0.399 e. The second-order valence-electron chi connectivity index (χ2n) is 14.9. The standard InChI is InChI=1S/C14H25BN2O3.C9H15BN2O2.C6H14O4S/c1-12(2,18)7-8-17-10-11(9-16-17)15-19-13(3,4)14(5,6)20-15;1-8(2)9(3,4)14-10(13-8)7-5-11-12-6-7;1-6(2,7)4-5-10-11(3,8)9/h9-10,18H,7-8H2,1-6H3;5-6H,1-4H3,(H,11,12);7H,4-5H2,1-3H3. The first-order valence-electron chi connectivity index (χ1n) is 15.1. The molecule has 0 aromatic carbocycles. The van der Waals surface area contributed by atoms with Crippen molar-refractivity contribution in [1.82, 2.24) is 20.0 Å². The number of nitrogens with one attached hydrogen (secondary N) is 1. The van der Waals surface area contributed by atoms with Crippen LogP contribution in [0.15, 0.2) is 24.8 Å². The summed E-state index contributed by atoms with van der Waals surface area (Å²) in [7, 11) is -4.04. The maximum Gasteiger partial charge on any atom is 0.498 e. The van der Waals surface area contributed by atoms with Gasteiger partial charge in [0, 0.05) is 48.7 Å². The summed E-state index contributed by atoms with van der Waals surface area (Å²) in [6.45, 7) is 23.8. The second kappa shape index (κ2) is 14.1. The number of hydrogen-bond donors (Lipinski definition) is 3. The molecule has 256 valence electrons. The molecule has 2 aromatic heterocycles. The van der Waals surface area contributed by atoms with Gasteiger partial charge in [-0.15, -0.1) is 0 Å². The van der Waals surface area contributed by atoms with Gasteiger partial charge in [0.15, 0.2) is 0 Å². The van der Waals surface area contributed by atoms with Crippen LogP contribution >= 0.6 is 0 Å². The van der Waals surface area contributed by atoms with E-state index in [1.54, 1.807) is 46.3 Å². The van der Waals surface area contributed by atoms with Crippen LogP contribution in [0.3, 0.4) is 0 Å². The summed E-state index contributed by atoms with van der Waals surface area (Å²) in [4.78, 5) is 0. The summed E-state index contributed by atoms with van der Waals surface area (Å²) in [5, 5.41) is 29.8. The van der Waals surface area contributed by atoms with Gasteiger partial charge in [-0.3, -0.25) is 14.0 Å². The Labute approximate surface area is 270 Å². The zero-order valence-electron chi connectivity index (χ0n) is 29.3. The molecule has 2 aliphatic heterocycles. The van der Waals surface area contributed by atoms with Crippen LogP contribution in [0.2, 0.25) is 0 Å². The monoisotopic (exact) mass is 656 g/mol. The number of rotatable bonds is 9. The first kappa shape index (κ1) is 39.4. The third-order valence-electron chi connectivity index (χ3n) is 8.19. The number of aryl methyl sites for hydroxylation is 1. The van der Waals surface area contributed by atoms with E-state index in [1.165, 1.54) is 0 Å². The van der Waals surface area contributed by atoms with Gasteiger partial charge >= 0.3 is 14.2 Å². The third kappa shape index (κ3) is 12.4. The van der Waals surface area contributed by atoms with Crippen molar-refractivity contribution >= 4 is 35.3 Å². The number of aromatic nitrogens is 4. The van der Waals surface area contributed by atoms with Gasteiger partial charge in [0.1, 0.15) is 0 Å². The fourth-order valence-corrected chi connectivity index (χ4v) is 4.19. The fourth-order valence-electron chi connectivity index (χ4n) is 3.80. The molecule has 0 aliphatic carbocycles. The third-order valence-corrected chi connectivity index (χ3v) is 8.78. The van der Waals surface area contributed by atoms with Crippen molar-refractivity contribution in [1.29, 1.82) is 0 Å². The molecule has 4 heterocycles. The van der Waals surface area contributed by atoms with Gasteiger partial charge in [0.2, 0.25) is 0 Å². The topological polar surface area (TPSA) is 167 Å². The first-order valence-corrected chi connectivity index (χ1v) is 17.0. The lowest BCUT2D eigenvalue weighted by Crippen LogP contribution is -2.41. The van der Waals surface area contributed by atoms with E-state index in [0.29, 0.717) is 19.4 Å². The van der Waals surface area contributed by atoms with E-state index in [2.05, 4.69) is 19.5 Å². The molecular weight excluding hydrogens is 602 g/mol. The van der Waals surface area contributed by atoms with Gasteiger partial charge in [-0.05, 0) is 89.5 Å². The maximum absolute atomic E-state index is 10.4. The minimum absolute atomic E-state index is 0.0301. The van der Waals surface area contributed by atoms with Gasteiger partial charge in [0.25, 0.3) is 10.1 Å². The summed E-state index contributed by atoms with van der Waals surface area (Å²) >= 11 is 0. The molecule has 2 aromatic rings. The molecule has 0 amide bonds. The van der Waals surface area contributed by atoms with Gasteiger partial charge in [0.05, 0.1) is 46.5 Å². The van der Waals surface area contributed by atoms with Crippen LogP contribution in [0.1, 0.15) is 95.9 Å². The molecule has 3 N–H and O–H groups in total. The molecule has 45 heavy (non-hydrogen) atoms. The van der Waals surface area contributed by atoms with Crippen molar-refractivity contribution in [2.75, 3.05) is 12.9 Å². The number of aromatic amines is 1. The van der Waals surface area contributed by atoms with Crippen LogP contribution < -0.4 is 10.9 Å². The largest absolute Gasteiger partial charge is 0.498 e. The Morgan fingerprint density at radius 3 is 1.64 bits per heavy atom. The second-order valence-corrected chi connectivity index (χ2v) is 16.5. The zero-order valence-corrected chi connectivity index (χ0v) is 30.1. The predicted octanol–water partition coefficient (Wildman–Crippen LogP) is 2.18. The van der Waals surface area contributed by atoms with E-state index in [1.807, 2.05) is 66.3 Å². The van der Waals surface area contributed by atoms with Gasteiger partial charge < -0.3 is 28.8 Å². The molecule has 0 spiro atoms. The molecule has 0 atom stereocenters. The SMILES string of the molecule is CC(C)(O)CCOS(C)(=O)=O.CC(C)(O)CCn1cc(B2OC(C)(C)C(C)(C)O2)cn1.CC1(C)OB(c2cn[nH]c2)OC1(C)C. The van der Waals surface area contributed by atoms with Crippen molar-refractivity contribution in [3.05, 3.63) is 24.8 Å². The van der Waals surface area contributed by atoms with Crippen LogP contribution in [-0.2, 0) is 39.5 Å². The van der Waals surface area contributed by atoms with Gasteiger partial charge in [-0.25, -0.2) is 0 Å². The zero-order chi connectivity index (χ0) is 34.7. The molecule has 16 heteroatoms. The smallest absolute Gasteiger partial charge is 0.399 e. The number of aliphatic hydroxyl groups is 2. The van der Waals surface area contributed by atoms with Crippen LogP contribution in [0.25, 0.3) is 0 Å². The molecule has 4 rings (SSSR count). The normalized spacial score (nSPS) is 20.3. The number of H-pyrrole nitrogens is 1. The van der Waals surface area contributed by atoms with E-state index >= 15 is 0 Å². The molecule has 0 bridgehead atoms. The fraction of sp³-hybridized carbons (Fsp3) is 0.793. The quantitative estimate of drug-likeness (QED) is 0.267. The van der Waals surface area contributed by atoms with Crippen molar-refractivity contribution in [2.24, 2.45) is 0 Å². The van der Waals surface area contributed by atoms with Crippen molar-refractivity contribution in [3.63, 3.8) is 0 Å². The molecule has 0 radical (unpaired) electrons. The number of hydrogen-bond acceptors (Lipinski definition) is 11. The molecule has 13 nitrogen and oxygen atoms in total. The van der Waals surface area contributed by atoms with E-state index in [-0.39, 0.29) is 43.2 Å². The van der Waals surface area contributed by atoms with Crippen LogP contribution in [0, 0.1) is 0 Å². The molecular formula is C29H54B2N4O9S. The Hall–Kier alpha value is -1.78. The number of nitrogens with zero attached hydrogens (tertiary/aromatic N) is 3. The Kier molecular flexibility index (Phi) is 12.4. The maximum atomic E-state index is 10.4. The predicted molar refractivity (Wildman–Crippen MR) is 175 cm³/mol. The average Bonchev–Trinajstić information content (AvgIpc) is 3.58. The summed E-state index contributed by atoms with van der Waals surface area (Å²) in [6.07, 6.45) is 9.15. The van der Waals surface area contributed by atoms with E-state index in [0.717, 1.165) is 17.2 Å². The summed E-state index contributed by atoms with van der Waals surface area (Å²) in [5.74, 6) is 0. The average molecular weight is 656 g/mol. The minimum atomic E-state index is -3.36. The molecule has 2 fully saturated rings. The van der Waals surface area contributed by atoms with Crippen molar-refractivity contribution in [2.45, 2.75) is 136 Å². The Bertz CT molecular complexity index is 1280. The van der Waals surface area contributed by atoms with Crippen LogP contribution in [-0.4, -0.2) is 99.3 Å². The highest BCUT2D eigenvalue weighted by Crippen LogP contribution is 2.37. The highest BCUT2D eigenvalue weighted by Gasteiger charge is 2.53. The van der Waals surface area contributed by atoms with Crippen LogP contribution in [0.4, 0.5) is 0 Å². The molecule has 0 unspecified atom stereocenters. The van der Waals surface area contributed by atoms with E-state index < -0.39 is 21.3 Å². The lowest BCUT2D eigenvalue weighted by atomic mass is 9.82. The summed E-state index contributed by atoms with van der Waals surface area (Å²) < 4.78 is 50.7. The van der Waals surface area contributed by atoms with Crippen molar-refractivity contribution < 1.29 is 41.4 Å². The summed E-state index contributed by atoms with van der Waals surface area (Å²) in [5.41, 5.74) is -0.951.